The molecule has 0 N–H and O–H groups in total. The minimum Gasteiger partial charge on any atom is -0.229 e. The number of thioether (sulfide) groups is 1. The van der Waals surface area contributed by atoms with Crippen molar-refractivity contribution in [3.05, 3.63) is 10.2 Å². The lowest BCUT2D eigenvalue weighted by Gasteiger charge is -2.36. The van der Waals surface area contributed by atoms with E-state index in [1.807, 2.05) is 0 Å². The molecule has 0 aliphatic carbocycles. The largest absolute Gasteiger partial charge is 0.254 e. The number of halogens is 1. The topological polar surface area (TPSA) is 50.3 Å². The molecule has 0 atom stereocenters. The van der Waals surface area contributed by atoms with Gasteiger partial charge in [-0.1, -0.05) is 22.9 Å². The van der Waals surface area contributed by atoms with Crippen LogP contribution in [0.4, 0.5) is 0 Å². The van der Waals surface area contributed by atoms with Crippen LogP contribution in [0.2, 0.25) is 4.47 Å². The van der Waals surface area contributed by atoms with Crippen molar-refractivity contribution in [2.75, 3.05) is 18.8 Å². The first-order valence-corrected chi connectivity index (χ1v) is 9.11. The molecule has 8 heteroatoms. The summed E-state index contributed by atoms with van der Waals surface area (Å²) in [5.41, 5.74) is 0.487. The Bertz CT molecular complexity index is 553. The summed E-state index contributed by atoms with van der Waals surface area (Å²) in [7, 11) is -3.45. The Labute approximate surface area is 121 Å². The first-order chi connectivity index (χ1) is 8.22. The van der Waals surface area contributed by atoms with E-state index in [1.165, 1.54) is 0 Å². The third-order valence-electron chi connectivity index (χ3n) is 2.69. The van der Waals surface area contributed by atoms with Crippen molar-refractivity contribution in [3.63, 3.8) is 0 Å². The summed E-state index contributed by atoms with van der Waals surface area (Å²) in [4.78, 5) is 3.98. The third-order valence-corrected chi connectivity index (χ3v) is 7.68. The van der Waals surface area contributed by atoms with Crippen molar-refractivity contribution in [3.8, 4) is 0 Å². The number of thiazole rings is 1. The Kier molecular flexibility index (Phi) is 4.00. The second kappa shape index (κ2) is 4.94. The number of hydrogen-bond donors (Lipinski definition) is 0. The Morgan fingerprint density at radius 2 is 2.11 bits per heavy atom. The van der Waals surface area contributed by atoms with E-state index in [1.54, 1.807) is 23.0 Å². The zero-order chi connectivity index (χ0) is 13.6. The van der Waals surface area contributed by atoms with Gasteiger partial charge in [-0.25, -0.2) is 13.4 Å². The first kappa shape index (κ1) is 14.6. The number of sulfonamides is 1. The predicted octanol–water partition coefficient (Wildman–Crippen LogP) is 2.62. The summed E-state index contributed by atoms with van der Waals surface area (Å²) in [6.45, 7) is 6.87. The molecule has 2 heterocycles. The minimum atomic E-state index is -3.45. The molecule has 0 aromatic carbocycles. The summed E-state index contributed by atoms with van der Waals surface area (Å²) >= 11 is 8.62. The fourth-order valence-electron chi connectivity index (χ4n) is 1.89. The summed E-state index contributed by atoms with van der Waals surface area (Å²) < 4.78 is 27.1. The minimum absolute atomic E-state index is 0.0479. The lowest BCUT2D eigenvalue weighted by molar-refractivity contribution is 0.388. The summed E-state index contributed by atoms with van der Waals surface area (Å²) in [6.07, 6.45) is 0. The maximum atomic E-state index is 12.5. The summed E-state index contributed by atoms with van der Waals surface area (Å²) in [5.74, 6) is 0.817. The second-order valence-electron chi connectivity index (χ2n) is 4.79. The molecule has 1 fully saturated rings. The zero-order valence-corrected chi connectivity index (χ0v) is 13.6. The highest BCUT2D eigenvalue weighted by Gasteiger charge is 2.36. The van der Waals surface area contributed by atoms with Crippen LogP contribution in [-0.2, 0) is 10.0 Å². The molecule has 1 aromatic heterocycles. The average molecular weight is 327 g/mol. The second-order valence-corrected chi connectivity index (χ2v) is 10.3. The molecule has 1 aromatic rings. The van der Waals surface area contributed by atoms with Gasteiger partial charge in [0.25, 0.3) is 10.0 Å². The molecule has 2 rings (SSSR count). The third kappa shape index (κ3) is 2.85. The SMILES string of the molecule is Cc1nc(Cl)sc1S(=O)(=O)N1CCSC(C)(C)C1. The Hall–Kier alpha value is 0.180. The molecule has 0 amide bonds. The van der Waals surface area contributed by atoms with Gasteiger partial charge in [-0.2, -0.15) is 16.1 Å². The molecular formula is C10H15ClN2O2S3. The van der Waals surface area contributed by atoms with E-state index in [9.17, 15) is 8.42 Å². The molecule has 102 valence electrons. The van der Waals surface area contributed by atoms with Crippen LogP contribution in [-0.4, -0.2) is 41.3 Å². The molecular weight excluding hydrogens is 312 g/mol. The summed E-state index contributed by atoms with van der Waals surface area (Å²) in [5, 5.41) is 0. The van der Waals surface area contributed by atoms with Gasteiger partial charge in [-0.05, 0) is 20.8 Å². The Balaban J connectivity index is 2.34. The van der Waals surface area contributed by atoms with Gasteiger partial charge >= 0.3 is 0 Å². The van der Waals surface area contributed by atoms with Crippen LogP contribution in [0.15, 0.2) is 4.21 Å². The molecule has 0 unspecified atom stereocenters. The lowest BCUT2D eigenvalue weighted by Crippen LogP contribution is -2.46. The molecule has 1 aliphatic rings. The smallest absolute Gasteiger partial charge is 0.229 e. The van der Waals surface area contributed by atoms with Gasteiger partial charge in [0.15, 0.2) is 8.68 Å². The van der Waals surface area contributed by atoms with Gasteiger partial charge in [-0.15, -0.1) is 0 Å². The predicted molar refractivity (Wildman–Crippen MR) is 77.2 cm³/mol. The lowest BCUT2D eigenvalue weighted by atomic mass is 10.2. The van der Waals surface area contributed by atoms with Crippen LogP contribution >= 0.6 is 34.7 Å². The van der Waals surface area contributed by atoms with Crippen molar-refractivity contribution in [2.24, 2.45) is 0 Å². The number of nitrogens with zero attached hydrogens (tertiary/aromatic N) is 2. The monoisotopic (exact) mass is 326 g/mol. The van der Waals surface area contributed by atoms with Crippen LogP contribution < -0.4 is 0 Å². The quantitative estimate of drug-likeness (QED) is 0.838. The van der Waals surface area contributed by atoms with Gasteiger partial charge in [0.1, 0.15) is 0 Å². The maximum Gasteiger partial charge on any atom is 0.254 e. The van der Waals surface area contributed by atoms with Gasteiger partial charge in [-0.3, -0.25) is 0 Å². The van der Waals surface area contributed by atoms with Gasteiger partial charge in [0.05, 0.1) is 5.69 Å². The van der Waals surface area contributed by atoms with Crippen molar-refractivity contribution in [1.82, 2.24) is 9.29 Å². The van der Waals surface area contributed by atoms with Crippen LogP contribution in [0.5, 0.6) is 0 Å². The van der Waals surface area contributed by atoms with Crippen LogP contribution in [0, 0.1) is 6.92 Å². The van der Waals surface area contributed by atoms with Crippen LogP contribution in [0.25, 0.3) is 0 Å². The fraction of sp³-hybridized carbons (Fsp3) is 0.700. The maximum absolute atomic E-state index is 12.5. The van der Waals surface area contributed by atoms with E-state index in [-0.39, 0.29) is 13.4 Å². The number of aryl methyl sites for hydroxylation is 1. The van der Waals surface area contributed by atoms with E-state index in [0.717, 1.165) is 17.1 Å². The molecule has 1 aliphatic heterocycles. The highest BCUT2D eigenvalue weighted by molar-refractivity contribution is 8.00. The van der Waals surface area contributed by atoms with E-state index in [4.69, 9.17) is 11.6 Å². The number of aromatic nitrogens is 1. The summed E-state index contributed by atoms with van der Waals surface area (Å²) in [6, 6.07) is 0. The van der Waals surface area contributed by atoms with E-state index in [2.05, 4.69) is 18.8 Å². The molecule has 0 saturated carbocycles. The zero-order valence-electron chi connectivity index (χ0n) is 10.4. The van der Waals surface area contributed by atoms with Crippen molar-refractivity contribution >= 4 is 44.7 Å². The van der Waals surface area contributed by atoms with Crippen LogP contribution in [0.1, 0.15) is 19.5 Å². The van der Waals surface area contributed by atoms with Crippen molar-refractivity contribution in [1.29, 1.82) is 0 Å². The highest BCUT2D eigenvalue weighted by Crippen LogP contribution is 2.35. The number of hydrogen-bond acceptors (Lipinski definition) is 5. The Morgan fingerprint density at radius 3 is 2.61 bits per heavy atom. The van der Waals surface area contributed by atoms with E-state index >= 15 is 0 Å². The normalized spacial score (nSPS) is 21.1. The standard InChI is InChI=1S/C10H15ClN2O2S3/c1-7-8(17-9(11)12-7)18(14,15)13-4-5-16-10(2,3)6-13/h4-6H2,1-3H3. The molecule has 0 spiro atoms. The molecule has 1 saturated heterocycles. The van der Waals surface area contributed by atoms with Gasteiger partial charge in [0, 0.05) is 23.6 Å². The van der Waals surface area contributed by atoms with Crippen LogP contribution in [0.3, 0.4) is 0 Å². The van der Waals surface area contributed by atoms with Crippen molar-refractivity contribution < 1.29 is 8.42 Å². The molecule has 0 radical (unpaired) electrons. The Morgan fingerprint density at radius 1 is 1.44 bits per heavy atom. The molecule has 0 bridgehead atoms. The first-order valence-electron chi connectivity index (χ1n) is 5.49. The van der Waals surface area contributed by atoms with Gasteiger partial charge < -0.3 is 0 Å². The average Bonchev–Trinajstić information content (AvgIpc) is 2.57. The highest BCUT2D eigenvalue weighted by atomic mass is 35.5. The van der Waals surface area contributed by atoms with E-state index in [0.29, 0.717) is 18.8 Å². The van der Waals surface area contributed by atoms with Crippen molar-refractivity contribution in [2.45, 2.75) is 29.7 Å². The van der Waals surface area contributed by atoms with Gasteiger partial charge in [0.2, 0.25) is 0 Å². The van der Waals surface area contributed by atoms with E-state index < -0.39 is 10.0 Å². The fourth-order valence-corrected chi connectivity index (χ4v) is 6.67. The molecule has 4 nitrogen and oxygen atoms in total. The molecule has 18 heavy (non-hydrogen) atoms. The number of rotatable bonds is 2.